The van der Waals surface area contributed by atoms with Crippen molar-refractivity contribution in [2.24, 2.45) is 0 Å². The molecule has 1 N–H and O–H groups in total. The topological polar surface area (TPSA) is 77.4 Å². The second-order valence-corrected chi connectivity index (χ2v) is 9.70. The molecule has 1 amide bonds. The molecule has 4 rings (SSSR count). The number of ether oxygens (including phenoxy) is 1. The second kappa shape index (κ2) is 9.06. The van der Waals surface area contributed by atoms with Gasteiger partial charge in [0.25, 0.3) is 0 Å². The van der Waals surface area contributed by atoms with Crippen LogP contribution in [-0.2, 0) is 26.9 Å². The number of rotatable bonds is 7. The number of hydrogen-bond donors (Lipinski definition) is 1. The molecule has 8 heteroatoms. The molecule has 0 spiro atoms. The first-order chi connectivity index (χ1) is 15.4. The summed E-state index contributed by atoms with van der Waals surface area (Å²) in [7, 11) is -2.09. The number of sulfone groups is 1. The van der Waals surface area contributed by atoms with E-state index in [0.29, 0.717) is 32.9 Å². The summed E-state index contributed by atoms with van der Waals surface area (Å²) in [6, 6.07) is 20.9. The van der Waals surface area contributed by atoms with Crippen LogP contribution in [0.4, 0.5) is 5.69 Å². The maximum absolute atomic E-state index is 13.2. The average Bonchev–Trinajstić information content (AvgIpc) is 3.13. The van der Waals surface area contributed by atoms with Gasteiger partial charge in [-0.2, -0.15) is 0 Å². The quantitative estimate of drug-likeness (QED) is 0.418. The van der Waals surface area contributed by atoms with Crippen LogP contribution in [0.5, 0.6) is 5.75 Å². The summed E-state index contributed by atoms with van der Waals surface area (Å²) in [5.74, 6) is 0.239. The van der Waals surface area contributed by atoms with Gasteiger partial charge in [-0.25, -0.2) is 8.42 Å². The van der Waals surface area contributed by atoms with Crippen LogP contribution in [0.2, 0.25) is 5.02 Å². The number of para-hydroxylation sites is 1. The van der Waals surface area contributed by atoms with Crippen molar-refractivity contribution in [2.45, 2.75) is 17.2 Å². The van der Waals surface area contributed by atoms with E-state index < -0.39 is 9.84 Å². The molecule has 0 radical (unpaired) electrons. The summed E-state index contributed by atoms with van der Waals surface area (Å²) in [5, 5.41) is 3.88. The molecule has 6 nitrogen and oxygen atoms in total. The zero-order valence-corrected chi connectivity index (χ0v) is 18.9. The Morgan fingerprint density at radius 2 is 1.78 bits per heavy atom. The third kappa shape index (κ3) is 4.79. The van der Waals surface area contributed by atoms with Crippen LogP contribution in [0, 0.1) is 0 Å². The van der Waals surface area contributed by atoms with Gasteiger partial charge in [-0.05, 0) is 48.0 Å². The highest BCUT2D eigenvalue weighted by molar-refractivity contribution is 7.90. The molecule has 4 aromatic rings. The lowest BCUT2D eigenvalue weighted by molar-refractivity contribution is -0.116. The van der Waals surface area contributed by atoms with E-state index in [9.17, 15) is 13.2 Å². The third-order valence-corrected chi connectivity index (χ3v) is 6.96. The molecule has 0 aliphatic rings. The standard InChI is InChI=1S/C24H21ClN2O4S/c1-31-20-11-9-19(10-12-20)26-24(28)15-27-14-23(21-7-2-3-8-22(21)27)32(29,30)16-17-5-4-6-18(25)13-17/h2-14H,15-16H2,1H3,(H,26,28). The van der Waals surface area contributed by atoms with Crippen molar-refractivity contribution < 1.29 is 17.9 Å². The lowest BCUT2D eigenvalue weighted by Crippen LogP contribution is -2.18. The first kappa shape index (κ1) is 21.9. The van der Waals surface area contributed by atoms with Crippen LogP contribution in [0.1, 0.15) is 5.56 Å². The number of benzene rings is 3. The molecule has 0 atom stereocenters. The van der Waals surface area contributed by atoms with E-state index in [4.69, 9.17) is 16.3 Å². The zero-order valence-electron chi connectivity index (χ0n) is 17.3. The average molecular weight is 469 g/mol. The minimum absolute atomic E-state index is 0.0285. The number of carbonyl (C=O) groups is 1. The molecule has 0 saturated heterocycles. The van der Waals surface area contributed by atoms with E-state index in [0.717, 1.165) is 0 Å². The van der Waals surface area contributed by atoms with E-state index >= 15 is 0 Å². The summed E-state index contributed by atoms with van der Waals surface area (Å²) in [5.41, 5.74) is 1.90. The van der Waals surface area contributed by atoms with Crippen molar-refractivity contribution >= 4 is 43.9 Å². The molecule has 0 fully saturated rings. The Kier molecular flexibility index (Phi) is 6.21. The smallest absolute Gasteiger partial charge is 0.244 e. The van der Waals surface area contributed by atoms with Crippen molar-refractivity contribution in [3.8, 4) is 5.75 Å². The number of anilines is 1. The normalized spacial score (nSPS) is 11.4. The number of carbonyl (C=O) groups excluding carboxylic acids is 1. The van der Waals surface area contributed by atoms with Gasteiger partial charge in [0.2, 0.25) is 5.91 Å². The molecular formula is C24H21ClN2O4S. The maximum Gasteiger partial charge on any atom is 0.244 e. The van der Waals surface area contributed by atoms with E-state index in [-0.39, 0.29) is 23.1 Å². The van der Waals surface area contributed by atoms with E-state index in [1.54, 1.807) is 78.4 Å². The Morgan fingerprint density at radius 1 is 1.03 bits per heavy atom. The van der Waals surface area contributed by atoms with Crippen molar-refractivity contribution in [3.63, 3.8) is 0 Å². The fourth-order valence-corrected chi connectivity index (χ4v) is 5.33. The van der Waals surface area contributed by atoms with Crippen molar-refractivity contribution in [2.75, 3.05) is 12.4 Å². The Balaban J connectivity index is 1.61. The van der Waals surface area contributed by atoms with Crippen molar-refractivity contribution in [1.29, 1.82) is 0 Å². The predicted molar refractivity (Wildman–Crippen MR) is 126 cm³/mol. The molecule has 32 heavy (non-hydrogen) atoms. The van der Waals surface area contributed by atoms with Gasteiger partial charge in [0.15, 0.2) is 9.84 Å². The molecule has 1 heterocycles. The van der Waals surface area contributed by atoms with Crippen molar-refractivity contribution in [1.82, 2.24) is 4.57 Å². The molecule has 3 aromatic carbocycles. The Hall–Kier alpha value is -3.29. The molecule has 0 saturated carbocycles. The zero-order chi connectivity index (χ0) is 22.7. The molecule has 0 aliphatic carbocycles. The number of halogens is 1. The number of amides is 1. The fourth-order valence-electron chi connectivity index (χ4n) is 3.55. The van der Waals surface area contributed by atoms with Gasteiger partial charge < -0.3 is 14.6 Å². The number of fused-ring (bicyclic) bond motifs is 1. The minimum Gasteiger partial charge on any atom is -0.497 e. The number of hydrogen-bond acceptors (Lipinski definition) is 4. The van der Waals surface area contributed by atoms with Gasteiger partial charge in [-0.3, -0.25) is 4.79 Å². The van der Waals surface area contributed by atoms with Crippen LogP contribution >= 0.6 is 11.6 Å². The van der Waals surface area contributed by atoms with E-state index in [2.05, 4.69) is 5.32 Å². The molecule has 0 aliphatic heterocycles. The minimum atomic E-state index is -3.66. The first-order valence-electron chi connectivity index (χ1n) is 9.85. The summed E-state index contributed by atoms with van der Waals surface area (Å²) in [6.45, 7) is -0.0285. The fraction of sp³-hybridized carbons (Fsp3) is 0.125. The summed E-state index contributed by atoms with van der Waals surface area (Å²) in [4.78, 5) is 12.8. The van der Waals surface area contributed by atoms with Gasteiger partial charge in [-0.1, -0.05) is 41.9 Å². The Morgan fingerprint density at radius 3 is 2.50 bits per heavy atom. The number of aromatic nitrogens is 1. The van der Waals surface area contributed by atoms with Crippen LogP contribution < -0.4 is 10.1 Å². The highest BCUT2D eigenvalue weighted by Gasteiger charge is 2.22. The lowest BCUT2D eigenvalue weighted by Gasteiger charge is -2.08. The van der Waals surface area contributed by atoms with Gasteiger partial charge in [-0.15, -0.1) is 0 Å². The van der Waals surface area contributed by atoms with Crippen LogP contribution in [-0.4, -0.2) is 26.0 Å². The molecule has 0 bridgehead atoms. The summed E-state index contributed by atoms with van der Waals surface area (Å²) in [6.07, 6.45) is 1.53. The SMILES string of the molecule is COc1ccc(NC(=O)Cn2cc(S(=O)(=O)Cc3cccc(Cl)c3)c3ccccc32)cc1. The Bertz CT molecular complexity index is 1380. The number of methoxy groups -OCH3 is 1. The predicted octanol–water partition coefficient (Wildman–Crippen LogP) is 4.92. The van der Waals surface area contributed by atoms with Crippen LogP contribution in [0.3, 0.4) is 0 Å². The number of nitrogens with zero attached hydrogens (tertiary/aromatic N) is 1. The van der Waals surface area contributed by atoms with E-state index in [1.807, 2.05) is 6.07 Å². The van der Waals surface area contributed by atoms with Gasteiger partial charge in [0.1, 0.15) is 12.3 Å². The Labute approximate surface area is 191 Å². The van der Waals surface area contributed by atoms with Crippen LogP contribution in [0.25, 0.3) is 10.9 Å². The summed E-state index contributed by atoms with van der Waals surface area (Å²) >= 11 is 6.01. The largest absolute Gasteiger partial charge is 0.497 e. The highest BCUT2D eigenvalue weighted by Crippen LogP contribution is 2.28. The monoisotopic (exact) mass is 468 g/mol. The van der Waals surface area contributed by atoms with Gasteiger partial charge >= 0.3 is 0 Å². The second-order valence-electron chi connectivity index (χ2n) is 7.30. The van der Waals surface area contributed by atoms with E-state index in [1.165, 1.54) is 6.20 Å². The summed E-state index contributed by atoms with van der Waals surface area (Å²) < 4.78 is 33.2. The van der Waals surface area contributed by atoms with Gasteiger partial charge in [0.05, 0.1) is 17.8 Å². The van der Waals surface area contributed by atoms with Crippen LogP contribution in [0.15, 0.2) is 83.9 Å². The van der Waals surface area contributed by atoms with Crippen molar-refractivity contribution in [3.05, 3.63) is 89.6 Å². The maximum atomic E-state index is 13.2. The third-order valence-electron chi connectivity index (χ3n) is 5.02. The van der Waals surface area contributed by atoms with Gasteiger partial charge in [0, 0.05) is 27.8 Å². The molecule has 0 unspecified atom stereocenters. The number of nitrogens with one attached hydrogen (secondary N) is 1. The molecule has 164 valence electrons. The first-order valence-corrected chi connectivity index (χ1v) is 11.9. The molecule has 1 aromatic heterocycles. The molecular weight excluding hydrogens is 448 g/mol. The lowest BCUT2D eigenvalue weighted by atomic mass is 10.2. The highest BCUT2D eigenvalue weighted by atomic mass is 35.5.